The predicted molar refractivity (Wildman–Crippen MR) is 129 cm³/mol. The number of methoxy groups -OCH3 is 1. The fourth-order valence-corrected chi connectivity index (χ4v) is 4.44. The zero-order chi connectivity index (χ0) is 23.5. The van der Waals surface area contributed by atoms with Crippen molar-refractivity contribution in [3.8, 4) is 17.1 Å². The fraction of sp³-hybridized carbons (Fsp3) is 0.125. The molecule has 0 aliphatic carbocycles. The van der Waals surface area contributed by atoms with Gasteiger partial charge in [-0.2, -0.15) is 0 Å². The molecule has 7 nitrogen and oxygen atoms in total. The third-order valence-electron chi connectivity index (χ3n) is 4.88. The first-order valence-electron chi connectivity index (χ1n) is 9.96. The van der Waals surface area contributed by atoms with Crippen LogP contribution < -0.4 is 4.74 Å². The molecule has 4 rings (SSSR count). The van der Waals surface area contributed by atoms with E-state index in [1.807, 2.05) is 31.2 Å². The quantitative estimate of drug-likeness (QED) is 0.438. The number of hydrogen-bond donors (Lipinski definition) is 1. The Balaban J connectivity index is 1.60. The van der Waals surface area contributed by atoms with Crippen LogP contribution in [-0.4, -0.2) is 40.7 Å². The van der Waals surface area contributed by atoms with Gasteiger partial charge >= 0.3 is 5.97 Å². The number of aromatic carboxylic acids is 1. The van der Waals surface area contributed by atoms with Crippen molar-refractivity contribution in [3.05, 3.63) is 75.8 Å². The summed E-state index contributed by atoms with van der Waals surface area (Å²) >= 11 is 7.21. The molecule has 1 fully saturated rings. The van der Waals surface area contributed by atoms with Crippen molar-refractivity contribution >= 4 is 52.2 Å². The van der Waals surface area contributed by atoms with Crippen molar-refractivity contribution in [3.63, 3.8) is 0 Å². The largest absolute Gasteiger partial charge is 0.497 e. The van der Waals surface area contributed by atoms with Crippen LogP contribution in [0.3, 0.4) is 0 Å². The van der Waals surface area contributed by atoms with Gasteiger partial charge in [-0.25, -0.2) is 9.79 Å². The Kier molecular flexibility index (Phi) is 6.57. The average Bonchev–Trinajstić information content (AvgIpc) is 3.39. The van der Waals surface area contributed by atoms with Crippen LogP contribution in [0.5, 0.6) is 5.75 Å². The van der Waals surface area contributed by atoms with Crippen molar-refractivity contribution in [2.45, 2.75) is 6.92 Å². The highest BCUT2D eigenvalue weighted by atomic mass is 35.5. The van der Waals surface area contributed by atoms with Crippen molar-refractivity contribution in [2.24, 2.45) is 4.99 Å². The molecule has 168 valence electrons. The monoisotopic (exact) mass is 482 g/mol. The Labute approximate surface area is 199 Å². The third kappa shape index (κ3) is 4.81. The maximum Gasteiger partial charge on any atom is 0.337 e. The highest BCUT2D eigenvalue weighted by molar-refractivity contribution is 8.18. The van der Waals surface area contributed by atoms with Crippen LogP contribution in [0.2, 0.25) is 5.02 Å². The Hall–Kier alpha value is -3.49. The van der Waals surface area contributed by atoms with Gasteiger partial charge in [0.05, 0.1) is 28.3 Å². The van der Waals surface area contributed by atoms with E-state index in [0.29, 0.717) is 39.4 Å². The molecule has 0 radical (unpaired) electrons. The molecular weight excluding hydrogens is 464 g/mol. The highest BCUT2D eigenvalue weighted by Crippen LogP contribution is 2.35. The zero-order valence-electron chi connectivity index (χ0n) is 17.7. The van der Waals surface area contributed by atoms with Gasteiger partial charge in [0, 0.05) is 18.2 Å². The van der Waals surface area contributed by atoms with Crippen molar-refractivity contribution in [1.82, 2.24) is 4.90 Å². The second-order valence-electron chi connectivity index (χ2n) is 6.95. The summed E-state index contributed by atoms with van der Waals surface area (Å²) in [7, 11) is 1.60. The number of amides is 1. The summed E-state index contributed by atoms with van der Waals surface area (Å²) in [6, 6.07) is 15.3. The van der Waals surface area contributed by atoms with Crippen molar-refractivity contribution in [1.29, 1.82) is 0 Å². The van der Waals surface area contributed by atoms with E-state index in [-0.39, 0.29) is 16.5 Å². The Morgan fingerprint density at radius 3 is 2.64 bits per heavy atom. The Bertz CT molecular complexity index is 1280. The predicted octanol–water partition coefficient (Wildman–Crippen LogP) is 5.93. The molecule has 0 spiro atoms. The van der Waals surface area contributed by atoms with Crippen LogP contribution in [-0.2, 0) is 4.79 Å². The first kappa shape index (κ1) is 22.7. The van der Waals surface area contributed by atoms with Gasteiger partial charge in [-0.15, -0.1) is 0 Å². The van der Waals surface area contributed by atoms with E-state index < -0.39 is 5.97 Å². The van der Waals surface area contributed by atoms with Crippen molar-refractivity contribution in [2.75, 3.05) is 13.7 Å². The molecule has 1 saturated heterocycles. The number of carboxylic acids is 1. The van der Waals surface area contributed by atoms with Crippen LogP contribution in [0.25, 0.3) is 17.4 Å². The number of aliphatic imine (C=N–C) groups is 1. The highest BCUT2D eigenvalue weighted by Gasteiger charge is 2.32. The summed E-state index contributed by atoms with van der Waals surface area (Å²) in [5.74, 6) is 0.386. The fourth-order valence-electron chi connectivity index (χ4n) is 3.19. The minimum Gasteiger partial charge on any atom is -0.497 e. The molecule has 1 amide bonds. The van der Waals surface area contributed by atoms with Crippen LogP contribution in [0.4, 0.5) is 5.69 Å². The summed E-state index contributed by atoms with van der Waals surface area (Å²) in [4.78, 5) is 30.9. The van der Waals surface area contributed by atoms with Gasteiger partial charge < -0.3 is 14.3 Å². The topological polar surface area (TPSA) is 92.3 Å². The summed E-state index contributed by atoms with van der Waals surface area (Å²) in [5.41, 5.74) is 1.27. The molecule has 0 unspecified atom stereocenters. The van der Waals surface area contributed by atoms with E-state index in [2.05, 4.69) is 4.99 Å². The number of furan rings is 1. The number of ether oxygens (including phenoxy) is 1. The number of nitrogens with zero attached hydrogens (tertiary/aromatic N) is 2. The summed E-state index contributed by atoms with van der Waals surface area (Å²) in [6.07, 6.45) is 1.66. The minimum absolute atomic E-state index is 0.00929. The number of likely N-dealkylation sites (N-methyl/N-ethyl adjacent to an activating group) is 1. The van der Waals surface area contributed by atoms with Gasteiger partial charge in [-0.05, 0) is 73.3 Å². The first-order chi connectivity index (χ1) is 15.9. The number of amidine groups is 1. The second-order valence-corrected chi connectivity index (χ2v) is 8.37. The lowest BCUT2D eigenvalue weighted by Crippen LogP contribution is -2.28. The number of rotatable bonds is 6. The zero-order valence-corrected chi connectivity index (χ0v) is 19.3. The molecule has 0 bridgehead atoms. The number of carbonyl (C=O) groups is 2. The first-order valence-corrected chi connectivity index (χ1v) is 11.2. The molecule has 0 atom stereocenters. The van der Waals surface area contributed by atoms with Crippen LogP contribution in [0, 0.1) is 0 Å². The smallest absolute Gasteiger partial charge is 0.337 e. The van der Waals surface area contributed by atoms with Crippen LogP contribution in [0.1, 0.15) is 23.0 Å². The molecule has 1 aliphatic heterocycles. The SMILES string of the molecule is CCN1C(=O)C(=Cc2ccc(-c3ccc(Cl)c(C(=O)O)c3)o2)SC1=Nc1ccc(OC)cc1. The molecule has 33 heavy (non-hydrogen) atoms. The summed E-state index contributed by atoms with van der Waals surface area (Å²) in [5, 5.41) is 10.0. The van der Waals surface area contributed by atoms with Gasteiger partial charge in [0.15, 0.2) is 5.17 Å². The van der Waals surface area contributed by atoms with Gasteiger partial charge in [-0.1, -0.05) is 11.6 Å². The van der Waals surface area contributed by atoms with E-state index in [1.165, 1.54) is 23.9 Å². The molecule has 0 saturated carbocycles. The van der Waals surface area contributed by atoms with Crippen molar-refractivity contribution < 1.29 is 23.8 Å². The van der Waals surface area contributed by atoms with Gasteiger partial charge in [0.25, 0.3) is 5.91 Å². The average molecular weight is 483 g/mol. The number of hydrogen-bond acceptors (Lipinski definition) is 6. The second kappa shape index (κ2) is 9.56. The van der Waals surface area contributed by atoms with E-state index >= 15 is 0 Å². The molecule has 1 aromatic heterocycles. The molecule has 2 aromatic carbocycles. The minimum atomic E-state index is -1.12. The molecule has 1 N–H and O–H groups in total. The summed E-state index contributed by atoms with van der Waals surface area (Å²) in [6.45, 7) is 2.36. The third-order valence-corrected chi connectivity index (χ3v) is 6.22. The molecular formula is C24H19ClN2O5S. The maximum atomic E-state index is 12.9. The number of benzene rings is 2. The number of carboxylic acid groups (broad SMARTS) is 1. The lowest BCUT2D eigenvalue weighted by molar-refractivity contribution is -0.122. The number of halogens is 1. The van der Waals surface area contributed by atoms with Gasteiger partial charge in [0.2, 0.25) is 0 Å². The molecule has 3 aromatic rings. The van der Waals surface area contributed by atoms with Gasteiger partial charge in [0.1, 0.15) is 17.3 Å². The Morgan fingerprint density at radius 1 is 1.21 bits per heavy atom. The van der Waals surface area contributed by atoms with E-state index in [4.69, 9.17) is 20.8 Å². The van der Waals surface area contributed by atoms with E-state index in [9.17, 15) is 14.7 Å². The number of carbonyl (C=O) groups excluding carboxylic acids is 1. The lowest BCUT2D eigenvalue weighted by atomic mass is 10.1. The van der Waals surface area contributed by atoms with Crippen LogP contribution in [0.15, 0.2) is 68.9 Å². The summed E-state index contributed by atoms with van der Waals surface area (Å²) < 4.78 is 11.0. The molecule has 2 heterocycles. The van der Waals surface area contributed by atoms with E-state index in [0.717, 1.165) is 5.75 Å². The van der Waals surface area contributed by atoms with Gasteiger partial charge in [-0.3, -0.25) is 9.69 Å². The molecule has 1 aliphatic rings. The lowest BCUT2D eigenvalue weighted by Gasteiger charge is -2.12. The maximum absolute atomic E-state index is 12.9. The number of thioether (sulfide) groups is 1. The Morgan fingerprint density at radius 2 is 1.97 bits per heavy atom. The standard InChI is InChI=1S/C24H19ClN2O5S/c1-3-27-22(28)21(33-24(27)26-15-5-7-16(31-2)8-6-15)13-17-9-11-20(32-17)14-4-10-19(25)18(12-14)23(29)30/h4-13H,3H2,1-2H3,(H,29,30). The van der Waals surface area contributed by atoms with Crippen LogP contribution >= 0.6 is 23.4 Å². The normalized spacial score (nSPS) is 16.1. The van der Waals surface area contributed by atoms with E-state index in [1.54, 1.807) is 36.3 Å². The molecule has 9 heteroatoms.